The first-order valence-electron chi connectivity index (χ1n) is 10.6. The van der Waals surface area contributed by atoms with Gasteiger partial charge in [0.25, 0.3) is 5.91 Å². The first kappa shape index (κ1) is 18.5. The van der Waals surface area contributed by atoms with E-state index in [0.717, 1.165) is 36.8 Å². The second-order valence-corrected chi connectivity index (χ2v) is 8.12. The molecule has 5 nitrogen and oxygen atoms in total. The van der Waals surface area contributed by atoms with Gasteiger partial charge in [0.05, 0.1) is 0 Å². The van der Waals surface area contributed by atoms with Crippen molar-refractivity contribution in [2.24, 2.45) is 0 Å². The van der Waals surface area contributed by atoms with Gasteiger partial charge < -0.3 is 20.1 Å². The lowest BCUT2D eigenvalue weighted by Crippen LogP contribution is -2.46. The van der Waals surface area contributed by atoms with Gasteiger partial charge in [-0.25, -0.2) is 0 Å². The molecule has 5 heteroatoms. The van der Waals surface area contributed by atoms with E-state index in [4.69, 9.17) is 0 Å². The number of nitrogens with one attached hydrogen (secondary N) is 2. The number of hydrogen-bond acceptors (Lipinski definition) is 3. The molecule has 0 spiro atoms. The van der Waals surface area contributed by atoms with Crippen molar-refractivity contribution in [3.63, 3.8) is 0 Å². The zero-order valence-corrected chi connectivity index (χ0v) is 16.3. The fourth-order valence-electron chi connectivity index (χ4n) is 4.40. The number of rotatable bonds is 5. The van der Waals surface area contributed by atoms with E-state index in [2.05, 4.69) is 20.1 Å². The molecule has 27 heavy (non-hydrogen) atoms. The Labute approximate surface area is 162 Å². The molecule has 2 fully saturated rings. The average Bonchev–Trinajstić information content (AvgIpc) is 2.96. The minimum absolute atomic E-state index is 0.0224. The molecule has 0 saturated carbocycles. The summed E-state index contributed by atoms with van der Waals surface area (Å²) in [7, 11) is 0. The normalized spacial score (nSPS) is 20.6. The van der Waals surface area contributed by atoms with Crippen LogP contribution in [0.4, 0.5) is 0 Å². The molecular formula is C22H32N4O. The number of carbonyl (C=O) groups is 1. The van der Waals surface area contributed by atoms with E-state index in [-0.39, 0.29) is 5.91 Å². The number of hydrogen-bond donors (Lipinski definition) is 2. The minimum Gasteiger partial charge on any atom is -0.351 e. The summed E-state index contributed by atoms with van der Waals surface area (Å²) < 4.78 is 0. The van der Waals surface area contributed by atoms with Gasteiger partial charge in [-0.3, -0.25) is 4.79 Å². The van der Waals surface area contributed by atoms with Crippen LogP contribution >= 0.6 is 0 Å². The van der Waals surface area contributed by atoms with Crippen LogP contribution in [0.3, 0.4) is 0 Å². The molecule has 2 aliphatic rings. The summed E-state index contributed by atoms with van der Waals surface area (Å²) >= 11 is 0. The zero-order valence-electron chi connectivity index (χ0n) is 16.3. The standard InChI is InChI=1S/C22H32N4O/c27-22(21-17-18-7-3-4-8-20(18)24-21)23-19-9-13-26(14-10-19)16-15-25-11-5-1-2-6-12-25/h3-4,7-8,17,19,24H,1-2,5-6,9-16H2,(H,23,27). The molecule has 0 aliphatic carbocycles. The van der Waals surface area contributed by atoms with Crippen LogP contribution in [-0.4, -0.2) is 66.0 Å². The second-order valence-electron chi connectivity index (χ2n) is 8.12. The van der Waals surface area contributed by atoms with Crippen LogP contribution in [0.25, 0.3) is 10.9 Å². The smallest absolute Gasteiger partial charge is 0.267 e. The average molecular weight is 369 g/mol. The number of nitrogens with zero attached hydrogens (tertiary/aromatic N) is 2. The van der Waals surface area contributed by atoms with E-state index in [0.29, 0.717) is 11.7 Å². The van der Waals surface area contributed by atoms with Gasteiger partial charge in [-0.1, -0.05) is 31.0 Å². The van der Waals surface area contributed by atoms with Crippen LogP contribution in [0, 0.1) is 0 Å². The number of amides is 1. The third-order valence-corrected chi connectivity index (χ3v) is 6.13. The highest BCUT2D eigenvalue weighted by Gasteiger charge is 2.22. The Hall–Kier alpha value is -1.85. The SMILES string of the molecule is O=C(NC1CCN(CCN2CCCCCC2)CC1)c1cc2ccccc2[nH]1. The van der Waals surface area contributed by atoms with Crippen molar-refractivity contribution in [1.29, 1.82) is 0 Å². The highest BCUT2D eigenvalue weighted by Crippen LogP contribution is 2.16. The predicted octanol–water partition coefficient (Wildman–Crippen LogP) is 3.24. The number of aromatic nitrogens is 1. The maximum absolute atomic E-state index is 12.6. The van der Waals surface area contributed by atoms with E-state index in [1.54, 1.807) is 0 Å². The number of benzene rings is 1. The Kier molecular flexibility index (Phi) is 6.10. The number of para-hydroxylation sites is 1. The molecule has 1 aromatic heterocycles. The molecule has 1 aromatic carbocycles. The highest BCUT2D eigenvalue weighted by molar-refractivity contribution is 5.98. The maximum Gasteiger partial charge on any atom is 0.267 e. The van der Waals surface area contributed by atoms with Crippen molar-refractivity contribution >= 4 is 16.8 Å². The van der Waals surface area contributed by atoms with E-state index in [1.807, 2.05) is 30.3 Å². The molecule has 1 amide bonds. The lowest BCUT2D eigenvalue weighted by atomic mass is 10.0. The third kappa shape index (κ3) is 4.90. The Morgan fingerprint density at radius 3 is 2.33 bits per heavy atom. The minimum atomic E-state index is 0.0224. The summed E-state index contributed by atoms with van der Waals surface area (Å²) in [5.41, 5.74) is 1.69. The fourth-order valence-corrected chi connectivity index (χ4v) is 4.40. The summed E-state index contributed by atoms with van der Waals surface area (Å²) in [6.45, 7) is 7.10. The Balaban J connectivity index is 1.21. The van der Waals surface area contributed by atoms with E-state index in [9.17, 15) is 4.79 Å². The number of carbonyl (C=O) groups excluding carboxylic acids is 1. The van der Waals surface area contributed by atoms with Gasteiger partial charge in [-0.15, -0.1) is 0 Å². The van der Waals surface area contributed by atoms with Crippen molar-refractivity contribution in [3.8, 4) is 0 Å². The molecule has 2 saturated heterocycles. The summed E-state index contributed by atoms with van der Waals surface area (Å²) in [5.74, 6) is 0.0224. The molecule has 2 aliphatic heterocycles. The van der Waals surface area contributed by atoms with Crippen molar-refractivity contribution in [3.05, 3.63) is 36.0 Å². The van der Waals surface area contributed by atoms with Crippen molar-refractivity contribution in [2.45, 2.75) is 44.6 Å². The van der Waals surface area contributed by atoms with Gasteiger partial charge >= 0.3 is 0 Å². The monoisotopic (exact) mass is 368 g/mol. The predicted molar refractivity (Wildman–Crippen MR) is 110 cm³/mol. The quantitative estimate of drug-likeness (QED) is 0.852. The third-order valence-electron chi connectivity index (χ3n) is 6.13. The Bertz CT molecular complexity index is 707. The summed E-state index contributed by atoms with van der Waals surface area (Å²) in [6.07, 6.45) is 7.62. The topological polar surface area (TPSA) is 51.4 Å². The van der Waals surface area contributed by atoms with Gasteiger partial charge in [-0.2, -0.15) is 0 Å². The summed E-state index contributed by atoms with van der Waals surface area (Å²) in [6, 6.07) is 10.3. The van der Waals surface area contributed by atoms with E-state index < -0.39 is 0 Å². The van der Waals surface area contributed by atoms with Gasteiger partial charge in [0.15, 0.2) is 0 Å². The fraction of sp³-hybridized carbons (Fsp3) is 0.591. The maximum atomic E-state index is 12.6. The molecule has 0 radical (unpaired) electrons. The van der Waals surface area contributed by atoms with Gasteiger partial charge in [0, 0.05) is 43.1 Å². The second kappa shape index (κ2) is 8.89. The van der Waals surface area contributed by atoms with Crippen molar-refractivity contribution in [2.75, 3.05) is 39.3 Å². The number of piperidine rings is 1. The molecule has 0 atom stereocenters. The van der Waals surface area contributed by atoms with Crippen molar-refractivity contribution < 1.29 is 4.79 Å². The molecule has 4 rings (SSSR count). The first-order valence-corrected chi connectivity index (χ1v) is 10.6. The molecular weight excluding hydrogens is 336 g/mol. The molecule has 146 valence electrons. The van der Waals surface area contributed by atoms with Crippen LogP contribution < -0.4 is 5.32 Å². The molecule has 0 bridgehead atoms. The Morgan fingerprint density at radius 1 is 0.963 bits per heavy atom. The van der Waals surface area contributed by atoms with Gasteiger partial charge in [0.2, 0.25) is 0 Å². The largest absolute Gasteiger partial charge is 0.351 e. The molecule has 2 N–H and O–H groups in total. The van der Waals surface area contributed by atoms with Crippen LogP contribution in [0.2, 0.25) is 0 Å². The van der Waals surface area contributed by atoms with Crippen LogP contribution in [0.15, 0.2) is 30.3 Å². The number of aromatic amines is 1. The highest BCUT2D eigenvalue weighted by atomic mass is 16.1. The van der Waals surface area contributed by atoms with E-state index >= 15 is 0 Å². The van der Waals surface area contributed by atoms with Crippen LogP contribution in [0.1, 0.15) is 49.0 Å². The van der Waals surface area contributed by atoms with Gasteiger partial charge in [-0.05, 0) is 50.9 Å². The number of fused-ring (bicyclic) bond motifs is 1. The Morgan fingerprint density at radius 2 is 1.63 bits per heavy atom. The van der Waals surface area contributed by atoms with Crippen molar-refractivity contribution in [1.82, 2.24) is 20.1 Å². The van der Waals surface area contributed by atoms with Gasteiger partial charge in [0.1, 0.15) is 5.69 Å². The summed E-state index contributed by atoms with van der Waals surface area (Å²) in [4.78, 5) is 21.0. The number of H-pyrrole nitrogens is 1. The number of likely N-dealkylation sites (tertiary alicyclic amines) is 2. The molecule has 0 unspecified atom stereocenters. The molecule has 3 heterocycles. The lowest BCUT2D eigenvalue weighted by Gasteiger charge is -2.33. The lowest BCUT2D eigenvalue weighted by molar-refractivity contribution is 0.0902. The first-order chi connectivity index (χ1) is 13.3. The van der Waals surface area contributed by atoms with Crippen LogP contribution in [-0.2, 0) is 0 Å². The summed E-state index contributed by atoms with van der Waals surface area (Å²) in [5, 5.41) is 4.31. The van der Waals surface area contributed by atoms with E-state index in [1.165, 1.54) is 51.9 Å². The zero-order chi connectivity index (χ0) is 18.5. The van der Waals surface area contributed by atoms with Crippen LogP contribution in [0.5, 0.6) is 0 Å². The molecule has 2 aromatic rings.